The Bertz CT molecular complexity index is 714. The van der Waals surface area contributed by atoms with Crippen molar-refractivity contribution in [3.63, 3.8) is 0 Å². The third kappa shape index (κ3) is 4.73. The minimum atomic E-state index is -0.499. The number of amides is 1. The van der Waals surface area contributed by atoms with Gasteiger partial charge in [-0.2, -0.15) is 5.26 Å². The summed E-state index contributed by atoms with van der Waals surface area (Å²) in [5, 5.41) is 20.6. The van der Waals surface area contributed by atoms with Gasteiger partial charge in [-0.3, -0.25) is 4.79 Å². The summed E-state index contributed by atoms with van der Waals surface area (Å²) in [6.45, 7) is 0.287. The summed E-state index contributed by atoms with van der Waals surface area (Å²) in [5.74, 6) is 0.514. The Morgan fingerprint density at radius 1 is 1.35 bits per heavy atom. The fourth-order valence-corrected chi connectivity index (χ4v) is 1.88. The first-order chi connectivity index (χ1) is 11.2. The van der Waals surface area contributed by atoms with Gasteiger partial charge in [0.2, 0.25) is 0 Å². The minimum Gasteiger partial charge on any atom is -0.491 e. The van der Waals surface area contributed by atoms with Crippen molar-refractivity contribution in [2.75, 3.05) is 13.2 Å². The number of para-hydroxylation sites is 1. The number of nitrogens with one attached hydrogen (secondary N) is 1. The zero-order valence-electron chi connectivity index (χ0n) is 12.4. The van der Waals surface area contributed by atoms with Crippen molar-refractivity contribution in [3.8, 4) is 11.8 Å². The van der Waals surface area contributed by atoms with E-state index in [0.29, 0.717) is 11.5 Å². The van der Waals surface area contributed by atoms with Crippen molar-refractivity contribution in [2.45, 2.75) is 6.54 Å². The highest BCUT2D eigenvalue weighted by Gasteiger charge is 2.11. The molecule has 0 unspecified atom stereocenters. The van der Waals surface area contributed by atoms with Gasteiger partial charge in [0.1, 0.15) is 29.8 Å². The smallest absolute Gasteiger partial charge is 0.262 e. The largest absolute Gasteiger partial charge is 0.491 e. The first kappa shape index (κ1) is 16.3. The number of benzene rings is 1. The molecule has 118 valence electrons. The highest BCUT2D eigenvalue weighted by atomic mass is 16.5. The van der Waals surface area contributed by atoms with Gasteiger partial charge in [0.15, 0.2) is 0 Å². The molecule has 0 aliphatic rings. The van der Waals surface area contributed by atoms with Gasteiger partial charge >= 0.3 is 0 Å². The van der Waals surface area contributed by atoms with E-state index in [1.165, 1.54) is 12.3 Å². The number of ether oxygens (including phenoxy) is 1. The number of carbonyl (C=O) groups is 1. The normalized spacial score (nSPS) is 10.9. The van der Waals surface area contributed by atoms with Crippen LogP contribution in [0.5, 0.6) is 5.75 Å². The van der Waals surface area contributed by atoms with Gasteiger partial charge in [0.25, 0.3) is 5.91 Å². The van der Waals surface area contributed by atoms with E-state index in [0.717, 1.165) is 5.56 Å². The zero-order valence-corrected chi connectivity index (χ0v) is 12.4. The van der Waals surface area contributed by atoms with Crippen molar-refractivity contribution in [2.24, 2.45) is 0 Å². The third-order valence-corrected chi connectivity index (χ3v) is 2.96. The second-order valence-corrected chi connectivity index (χ2v) is 4.55. The van der Waals surface area contributed by atoms with E-state index in [2.05, 4.69) is 5.32 Å². The molecule has 1 aromatic heterocycles. The number of carbonyl (C=O) groups excluding carboxylic acids is 1. The third-order valence-electron chi connectivity index (χ3n) is 2.96. The van der Waals surface area contributed by atoms with Crippen LogP contribution < -0.4 is 10.1 Å². The number of hydrogen-bond acceptors (Lipinski definition) is 5. The van der Waals surface area contributed by atoms with Crippen molar-refractivity contribution < 1.29 is 19.1 Å². The van der Waals surface area contributed by atoms with E-state index in [1.807, 2.05) is 12.1 Å². The lowest BCUT2D eigenvalue weighted by molar-refractivity contribution is -0.117. The van der Waals surface area contributed by atoms with Gasteiger partial charge in [-0.05, 0) is 18.2 Å². The summed E-state index contributed by atoms with van der Waals surface area (Å²) >= 11 is 0. The lowest BCUT2D eigenvalue weighted by atomic mass is 10.2. The molecular formula is C17H16N2O4. The molecule has 0 aliphatic heterocycles. The monoisotopic (exact) mass is 312 g/mol. The molecule has 0 radical (unpaired) electrons. The van der Waals surface area contributed by atoms with Crippen LogP contribution in [0.25, 0.3) is 6.08 Å². The summed E-state index contributed by atoms with van der Waals surface area (Å²) in [5.41, 5.74) is 0.707. The molecule has 2 aromatic rings. The van der Waals surface area contributed by atoms with Crippen LogP contribution in [0, 0.1) is 11.3 Å². The Kier molecular flexibility index (Phi) is 5.98. The predicted octanol–water partition coefficient (Wildman–Crippen LogP) is 1.87. The van der Waals surface area contributed by atoms with Crippen LogP contribution in [0.2, 0.25) is 0 Å². The summed E-state index contributed by atoms with van der Waals surface area (Å²) < 4.78 is 10.5. The second kappa shape index (κ2) is 8.41. The number of aliphatic hydroxyl groups excluding tert-OH is 1. The summed E-state index contributed by atoms with van der Waals surface area (Å²) in [6.07, 6.45) is 2.84. The topological polar surface area (TPSA) is 95.5 Å². The van der Waals surface area contributed by atoms with Crippen LogP contribution in [-0.2, 0) is 11.3 Å². The molecule has 0 saturated heterocycles. The van der Waals surface area contributed by atoms with Crippen LogP contribution in [0.4, 0.5) is 0 Å². The minimum absolute atomic E-state index is 0.0475. The Morgan fingerprint density at radius 2 is 2.17 bits per heavy atom. The standard InChI is InChI=1S/C17H16N2O4/c18-11-14(10-15-5-3-8-22-15)17(21)19-12-13-4-1-2-6-16(13)23-9-7-20/h1-6,8,10,20H,7,9,12H2,(H,19,21)/b14-10+. The lowest BCUT2D eigenvalue weighted by Gasteiger charge is -2.11. The molecule has 0 bridgehead atoms. The molecule has 1 aromatic carbocycles. The summed E-state index contributed by atoms with van der Waals surface area (Å²) in [7, 11) is 0. The molecule has 6 nitrogen and oxygen atoms in total. The van der Waals surface area contributed by atoms with E-state index in [1.54, 1.807) is 30.3 Å². The molecule has 0 saturated carbocycles. The number of nitrogens with zero attached hydrogens (tertiary/aromatic N) is 1. The Hall–Kier alpha value is -3.04. The highest BCUT2D eigenvalue weighted by molar-refractivity contribution is 6.01. The average Bonchev–Trinajstić information content (AvgIpc) is 3.09. The molecule has 0 fully saturated rings. The van der Waals surface area contributed by atoms with Crippen LogP contribution in [0.1, 0.15) is 11.3 Å². The molecule has 0 spiro atoms. The van der Waals surface area contributed by atoms with E-state index < -0.39 is 5.91 Å². The molecular weight excluding hydrogens is 296 g/mol. The molecule has 1 amide bonds. The van der Waals surface area contributed by atoms with Gasteiger partial charge in [0.05, 0.1) is 12.9 Å². The molecule has 0 atom stereocenters. The maximum Gasteiger partial charge on any atom is 0.262 e. The first-order valence-corrected chi connectivity index (χ1v) is 6.99. The van der Waals surface area contributed by atoms with E-state index in [4.69, 9.17) is 19.5 Å². The molecule has 6 heteroatoms. The SMILES string of the molecule is N#C/C(=C\c1ccco1)C(=O)NCc1ccccc1OCCO. The van der Waals surface area contributed by atoms with Crippen LogP contribution in [0.3, 0.4) is 0 Å². The number of rotatable bonds is 7. The van der Waals surface area contributed by atoms with E-state index in [9.17, 15) is 4.79 Å². The van der Waals surface area contributed by atoms with Crippen LogP contribution in [0.15, 0.2) is 52.7 Å². The Balaban J connectivity index is 2.03. The first-order valence-electron chi connectivity index (χ1n) is 6.99. The molecule has 0 aliphatic carbocycles. The Morgan fingerprint density at radius 3 is 2.87 bits per heavy atom. The van der Waals surface area contributed by atoms with Crippen molar-refractivity contribution >= 4 is 12.0 Å². The molecule has 1 heterocycles. The number of nitriles is 1. The predicted molar refractivity (Wildman–Crippen MR) is 83.2 cm³/mol. The van der Waals surface area contributed by atoms with E-state index in [-0.39, 0.29) is 25.3 Å². The van der Waals surface area contributed by atoms with Crippen molar-refractivity contribution in [1.82, 2.24) is 5.32 Å². The second-order valence-electron chi connectivity index (χ2n) is 4.55. The zero-order chi connectivity index (χ0) is 16.5. The number of hydrogen-bond donors (Lipinski definition) is 2. The molecule has 2 rings (SSSR count). The van der Waals surface area contributed by atoms with E-state index >= 15 is 0 Å². The van der Waals surface area contributed by atoms with Crippen molar-refractivity contribution in [3.05, 3.63) is 59.6 Å². The van der Waals surface area contributed by atoms with Crippen LogP contribution >= 0.6 is 0 Å². The van der Waals surface area contributed by atoms with Crippen molar-refractivity contribution in [1.29, 1.82) is 5.26 Å². The maximum absolute atomic E-state index is 12.1. The lowest BCUT2D eigenvalue weighted by Crippen LogP contribution is -2.24. The van der Waals surface area contributed by atoms with Gasteiger partial charge < -0.3 is 19.6 Å². The maximum atomic E-state index is 12.1. The molecule has 23 heavy (non-hydrogen) atoms. The summed E-state index contributed by atoms with van der Waals surface area (Å²) in [4.78, 5) is 12.1. The average molecular weight is 312 g/mol. The van der Waals surface area contributed by atoms with Gasteiger partial charge in [-0.1, -0.05) is 18.2 Å². The fourth-order valence-electron chi connectivity index (χ4n) is 1.88. The highest BCUT2D eigenvalue weighted by Crippen LogP contribution is 2.17. The molecule has 2 N–H and O–H groups in total. The number of aliphatic hydroxyl groups is 1. The quantitative estimate of drug-likeness (QED) is 0.601. The van der Waals surface area contributed by atoms with Gasteiger partial charge in [-0.25, -0.2) is 0 Å². The van der Waals surface area contributed by atoms with Gasteiger partial charge in [-0.15, -0.1) is 0 Å². The Labute approximate surface area is 133 Å². The number of furan rings is 1. The summed E-state index contributed by atoms with van der Waals surface area (Å²) in [6, 6.07) is 12.3. The van der Waals surface area contributed by atoms with Crippen LogP contribution in [-0.4, -0.2) is 24.2 Å². The fraction of sp³-hybridized carbons (Fsp3) is 0.176. The van der Waals surface area contributed by atoms with Gasteiger partial charge in [0, 0.05) is 18.2 Å².